The summed E-state index contributed by atoms with van der Waals surface area (Å²) in [5.74, 6) is 0. The number of aliphatic hydroxyl groups is 1. The monoisotopic (exact) mass is 248 g/mol. The van der Waals surface area contributed by atoms with Gasteiger partial charge in [0, 0.05) is 31.4 Å². The maximum Gasteiger partial charge on any atom is 0.0917 e. The van der Waals surface area contributed by atoms with Crippen molar-refractivity contribution in [2.45, 2.75) is 38.8 Å². The Labute approximate surface area is 110 Å². The molecule has 1 aromatic rings. The first kappa shape index (κ1) is 13.4. The van der Waals surface area contributed by atoms with Crippen LogP contribution in [-0.4, -0.2) is 36.4 Å². The van der Waals surface area contributed by atoms with Crippen molar-refractivity contribution in [1.82, 2.24) is 5.32 Å². The summed E-state index contributed by atoms with van der Waals surface area (Å²) in [7, 11) is 0. The van der Waals surface area contributed by atoms with Crippen molar-refractivity contribution in [2.24, 2.45) is 0 Å². The molecule has 1 aliphatic heterocycles. The van der Waals surface area contributed by atoms with Gasteiger partial charge in [-0.05, 0) is 31.9 Å². The number of benzene rings is 1. The average molecular weight is 248 g/mol. The van der Waals surface area contributed by atoms with Crippen LogP contribution in [0.2, 0.25) is 0 Å². The lowest BCUT2D eigenvalue weighted by molar-refractivity contribution is 0.0718. The van der Waals surface area contributed by atoms with Gasteiger partial charge >= 0.3 is 0 Å². The summed E-state index contributed by atoms with van der Waals surface area (Å²) in [6.45, 7) is 8.52. The molecule has 2 rings (SSSR count). The Kier molecular flexibility index (Phi) is 3.93. The van der Waals surface area contributed by atoms with Crippen LogP contribution in [-0.2, 0) is 6.42 Å². The second-order valence-electron chi connectivity index (χ2n) is 5.64. The lowest BCUT2D eigenvalue weighted by atomic mass is 10.0. The summed E-state index contributed by atoms with van der Waals surface area (Å²) in [6.07, 6.45) is 1.02. The molecule has 1 saturated heterocycles. The molecule has 1 fully saturated rings. The van der Waals surface area contributed by atoms with Crippen LogP contribution in [0.4, 0.5) is 5.69 Å². The molecule has 0 spiro atoms. The number of anilines is 1. The van der Waals surface area contributed by atoms with E-state index in [4.69, 9.17) is 0 Å². The Hall–Kier alpha value is -1.06. The van der Waals surface area contributed by atoms with E-state index in [2.05, 4.69) is 48.3 Å². The predicted octanol–water partition coefficient (Wildman–Crippen LogP) is 1.80. The van der Waals surface area contributed by atoms with Gasteiger partial charge in [-0.25, -0.2) is 0 Å². The second kappa shape index (κ2) is 5.29. The van der Waals surface area contributed by atoms with E-state index in [0.717, 1.165) is 13.0 Å². The van der Waals surface area contributed by atoms with Crippen molar-refractivity contribution < 1.29 is 5.11 Å². The van der Waals surface area contributed by atoms with E-state index in [1.165, 1.54) is 11.3 Å². The number of hydrogen-bond acceptors (Lipinski definition) is 3. The topological polar surface area (TPSA) is 35.5 Å². The molecule has 100 valence electrons. The number of hydrogen-bond donors (Lipinski definition) is 2. The van der Waals surface area contributed by atoms with Crippen LogP contribution in [0.3, 0.4) is 0 Å². The van der Waals surface area contributed by atoms with Gasteiger partial charge in [-0.3, -0.25) is 0 Å². The van der Waals surface area contributed by atoms with Crippen molar-refractivity contribution in [3.63, 3.8) is 0 Å². The standard InChI is InChI=1S/C15H24N2O/c1-4-13-7-5-6-8-14(13)17-9-12(2)16-10-15(3,18)11-17/h5-8,12,16,18H,4,9-11H2,1-3H3. The molecule has 0 saturated carbocycles. The highest BCUT2D eigenvalue weighted by atomic mass is 16.3. The van der Waals surface area contributed by atoms with Crippen LogP contribution in [0, 0.1) is 0 Å². The van der Waals surface area contributed by atoms with Gasteiger partial charge in [-0.2, -0.15) is 0 Å². The van der Waals surface area contributed by atoms with Crippen LogP contribution in [0.25, 0.3) is 0 Å². The lowest BCUT2D eigenvalue weighted by Crippen LogP contribution is -2.43. The zero-order valence-corrected chi connectivity index (χ0v) is 11.6. The van der Waals surface area contributed by atoms with Crippen molar-refractivity contribution in [3.8, 4) is 0 Å². The van der Waals surface area contributed by atoms with Gasteiger partial charge in [0.2, 0.25) is 0 Å². The number of β-amino-alcohol motifs (C(OH)–C–C–N with tert-alkyl or cyclic N) is 1. The Morgan fingerprint density at radius 2 is 2.17 bits per heavy atom. The molecule has 2 atom stereocenters. The van der Waals surface area contributed by atoms with Gasteiger partial charge in [0.1, 0.15) is 0 Å². The fourth-order valence-corrected chi connectivity index (χ4v) is 2.62. The smallest absolute Gasteiger partial charge is 0.0917 e. The molecule has 0 aliphatic carbocycles. The minimum Gasteiger partial charge on any atom is -0.387 e. The first-order chi connectivity index (χ1) is 8.52. The Bertz CT molecular complexity index is 403. The SMILES string of the molecule is CCc1ccccc1N1CC(C)NCC(C)(O)C1. The van der Waals surface area contributed by atoms with Crippen molar-refractivity contribution in [2.75, 3.05) is 24.5 Å². The number of nitrogens with zero attached hydrogens (tertiary/aromatic N) is 1. The van der Waals surface area contributed by atoms with E-state index in [1.807, 2.05) is 6.92 Å². The van der Waals surface area contributed by atoms with Crippen LogP contribution in [0.15, 0.2) is 24.3 Å². The van der Waals surface area contributed by atoms with Gasteiger partial charge < -0.3 is 15.3 Å². The first-order valence-corrected chi connectivity index (χ1v) is 6.80. The first-order valence-electron chi connectivity index (χ1n) is 6.80. The number of rotatable bonds is 2. The molecule has 3 heteroatoms. The van der Waals surface area contributed by atoms with E-state index >= 15 is 0 Å². The van der Waals surface area contributed by atoms with Gasteiger partial charge in [0.25, 0.3) is 0 Å². The molecule has 0 bridgehead atoms. The molecule has 2 N–H and O–H groups in total. The second-order valence-corrected chi connectivity index (χ2v) is 5.64. The van der Waals surface area contributed by atoms with Gasteiger partial charge in [-0.1, -0.05) is 25.1 Å². The molecule has 1 aliphatic rings. The van der Waals surface area contributed by atoms with Gasteiger partial charge in [0.05, 0.1) is 5.60 Å². The van der Waals surface area contributed by atoms with Crippen LogP contribution < -0.4 is 10.2 Å². The van der Waals surface area contributed by atoms with Gasteiger partial charge in [0.15, 0.2) is 0 Å². The van der Waals surface area contributed by atoms with Crippen LogP contribution >= 0.6 is 0 Å². The highest BCUT2D eigenvalue weighted by molar-refractivity contribution is 5.54. The number of nitrogens with one attached hydrogen (secondary N) is 1. The molecule has 0 aromatic heterocycles. The maximum atomic E-state index is 10.4. The summed E-state index contributed by atoms with van der Waals surface area (Å²) in [5, 5.41) is 13.7. The minimum atomic E-state index is -0.675. The van der Waals surface area contributed by atoms with Crippen LogP contribution in [0.5, 0.6) is 0 Å². The highest BCUT2D eigenvalue weighted by Gasteiger charge is 2.29. The van der Waals surface area contributed by atoms with Crippen molar-refractivity contribution in [3.05, 3.63) is 29.8 Å². The molecular weight excluding hydrogens is 224 g/mol. The largest absolute Gasteiger partial charge is 0.387 e. The summed E-state index contributed by atoms with van der Waals surface area (Å²) in [5.41, 5.74) is 1.93. The molecule has 1 aromatic carbocycles. The van der Waals surface area contributed by atoms with E-state index < -0.39 is 5.60 Å². The third kappa shape index (κ3) is 3.03. The zero-order chi connectivity index (χ0) is 13.2. The average Bonchev–Trinajstić information content (AvgIpc) is 2.48. The van der Waals surface area contributed by atoms with E-state index in [1.54, 1.807) is 0 Å². The predicted molar refractivity (Wildman–Crippen MR) is 76.1 cm³/mol. The van der Waals surface area contributed by atoms with E-state index in [0.29, 0.717) is 19.1 Å². The molecule has 2 unspecified atom stereocenters. The lowest BCUT2D eigenvalue weighted by Gasteiger charge is -2.31. The molecule has 18 heavy (non-hydrogen) atoms. The normalized spacial score (nSPS) is 29.1. The Balaban J connectivity index is 2.29. The summed E-state index contributed by atoms with van der Waals surface area (Å²) < 4.78 is 0. The Morgan fingerprint density at radius 3 is 2.89 bits per heavy atom. The fourth-order valence-electron chi connectivity index (χ4n) is 2.62. The Morgan fingerprint density at radius 1 is 1.44 bits per heavy atom. The fraction of sp³-hybridized carbons (Fsp3) is 0.600. The highest BCUT2D eigenvalue weighted by Crippen LogP contribution is 2.24. The molecule has 1 heterocycles. The van der Waals surface area contributed by atoms with E-state index in [-0.39, 0.29) is 0 Å². The minimum absolute atomic E-state index is 0.392. The number of para-hydroxylation sites is 1. The van der Waals surface area contributed by atoms with Crippen molar-refractivity contribution >= 4 is 5.69 Å². The summed E-state index contributed by atoms with van der Waals surface area (Å²) >= 11 is 0. The zero-order valence-electron chi connectivity index (χ0n) is 11.6. The molecular formula is C15H24N2O. The summed E-state index contributed by atoms with van der Waals surface area (Å²) in [6, 6.07) is 8.88. The van der Waals surface area contributed by atoms with Crippen LogP contribution in [0.1, 0.15) is 26.3 Å². The van der Waals surface area contributed by atoms with Gasteiger partial charge in [-0.15, -0.1) is 0 Å². The third-order valence-electron chi connectivity index (χ3n) is 3.57. The van der Waals surface area contributed by atoms with Crippen molar-refractivity contribution in [1.29, 1.82) is 0 Å². The molecule has 0 radical (unpaired) electrons. The molecule has 3 nitrogen and oxygen atoms in total. The third-order valence-corrected chi connectivity index (χ3v) is 3.57. The van der Waals surface area contributed by atoms with E-state index in [9.17, 15) is 5.11 Å². The maximum absolute atomic E-state index is 10.4. The molecule has 0 amide bonds. The summed E-state index contributed by atoms with van der Waals surface area (Å²) in [4.78, 5) is 2.31. The quantitative estimate of drug-likeness (QED) is 0.838. The number of aryl methyl sites for hydroxylation is 1.